The quantitative estimate of drug-likeness (QED) is 0.531. The maximum Gasteiger partial charge on any atom is 0.193 e. The molecule has 1 aliphatic heterocycles. The summed E-state index contributed by atoms with van der Waals surface area (Å²) >= 11 is 1.77. The third kappa shape index (κ3) is 1.90. The summed E-state index contributed by atoms with van der Waals surface area (Å²) in [7, 11) is 1.74. The predicted octanol–water partition coefficient (Wildman–Crippen LogP) is 5.94. The van der Waals surface area contributed by atoms with Gasteiger partial charge in [-0.15, -0.1) is 0 Å². The van der Waals surface area contributed by atoms with Crippen molar-refractivity contribution in [3.8, 4) is 16.9 Å². The third-order valence-corrected chi connectivity index (χ3v) is 7.11. The first-order valence-corrected chi connectivity index (χ1v) is 9.96. The molecule has 2 aliphatic carbocycles. The monoisotopic (exact) mass is 368 g/mol. The van der Waals surface area contributed by atoms with E-state index in [4.69, 9.17) is 4.74 Å². The number of allylic oxidation sites excluding steroid dienone is 2. The van der Waals surface area contributed by atoms with Gasteiger partial charge >= 0.3 is 0 Å². The molecule has 27 heavy (non-hydrogen) atoms. The highest BCUT2D eigenvalue weighted by Crippen LogP contribution is 2.58. The molecule has 0 spiro atoms. The highest BCUT2D eigenvalue weighted by molar-refractivity contribution is 7.99. The molecule has 3 aromatic rings. The van der Waals surface area contributed by atoms with Gasteiger partial charge < -0.3 is 4.74 Å². The van der Waals surface area contributed by atoms with E-state index in [9.17, 15) is 4.79 Å². The summed E-state index contributed by atoms with van der Waals surface area (Å²) in [6, 6.07) is 18.7. The Balaban J connectivity index is 1.75. The topological polar surface area (TPSA) is 26.3 Å². The van der Waals surface area contributed by atoms with Crippen LogP contribution in [0.4, 0.5) is 0 Å². The van der Waals surface area contributed by atoms with E-state index in [2.05, 4.69) is 42.5 Å². The van der Waals surface area contributed by atoms with E-state index < -0.39 is 0 Å². The Morgan fingerprint density at radius 2 is 1.78 bits per heavy atom. The van der Waals surface area contributed by atoms with Gasteiger partial charge in [-0.25, -0.2) is 0 Å². The van der Waals surface area contributed by atoms with Crippen molar-refractivity contribution in [2.75, 3.05) is 7.11 Å². The summed E-state index contributed by atoms with van der Waals surface area (Å²) in [4.78, 5) is 15.7. The fourth-order valence-corrected chi connectivity index (χ4v) is 6.02. The molecule has 6 rings (SSSR count). The molecule has 3 aliphatic rings. The zero-order valence-electron chi connectivity index (χ0n) is 14.8. The van der Waals surface area contributed by atoms with Gasteiger partial charge in [0.15, 0.2) is 5.78 Å². The fourth-order valence-electron chi connectivity index (χ4n) is 4.73. The molecular formula is C24H16O2S. The van der Waals surface area contributed by atoms with Crippen LogP contribution in [0.2, 0.25) is 0 Å². The first-order chi connectivity index (χ1) is 13.3. The molecule has 0 saturated heterocycles. The molecule has 0 saturated carbocycles. The molecule has 0 N–H and O–H groups in total. The number of benzene rings is 3. The van der Waals surface area contributed by atoms with Gasteiger partial charge in [-0.1, -0.05) is 60.3 Å². The average molecular weight is 368 g/mol. The van der Waals surface area contributed by atoms with Crippen molar-refractivity contribution in [3.63, 3.8) is 0 Å². The van der Waals surface area contributed by atoms with E-state index in [1.807, 2.05) is 18.2 Å². The number of hydrogen-bond donors (Lipinski definition) is 0. The third-order valence-electron chi connectivity index (χ3n) is 5.89. The van der Waals surface area contributed by atoms with Crippen molar-refractivity contribution >= 4 is 23.1 Å². The summed E-state index contributed by atoms with van der Waals surface area (Å²) in [5, 5.41) is 0. The minimum Gasteiger partial charge on any atom is -0.496 e. The zero-order chi connectivity index (χ0) is 18.1. The van der Waals surface area contributed by atoms with Crippen molar-refractivity contribution in [1.82, 2.24) is 0 Å². The predicted molar refractivity (Wildman–Crippen MR) is 108 cm³/mol. The average Bonchev–Trinajstić information content (AvgIpc) is 2.73. The Hall–Kier alpha value is -2.78. The second-order valence-corrected chi connectivity index (χ2v) is 8.22. The van der Waals surface area contributed by atoms with Crippen LogP contribution in [0.5, 0.6) is 5.75 Å². The van der Waals surface area contributed by atoms with E-state index >= 15 is 0 Å². The van der Waals surface area contributed by atoms with Crippen molar-refractivity contribution in [2.24, 2.45) is 0 Å². The highest BCUT2D eigenvalue weighted by Gasteiger charge is 2.39. The Labute approximate surface area is 161 Å². The number of fused-ring (bicyclic) bond motifs is 4. The van der Waals surface area contributed by atoms with Crippen LogP contribution in [0, 0.1) is 0 Å². The normalized spacial score (nSPS) is 18.2. The van der Waals surface area contributed by atoms with Gasteiger partial charge in [-0.3, -0.25) is 4.79 Å². The van der Waals surface area contributed by atoms with E-state index in [-0.39, 0.29) is 11.7 Å². The zero-order valence-corrected chi connectivity index (χ0v) is 15.6. The molecule has 2 nitrogen and oxygen atoms in total. The minimum absolute atomic E-state index is 0.146. The highest BCUT2D eigenvalue weighted by atomic mass is 32.2. The molecule has 0 bridgehead atoms. The van der Waals surface area contributed by atoms with Crippen LogP contribution in [0.15, 0.2) is 70.5 Å². The molecule has 3 aromatic carbocycles. The molecule has 1 atom stereocenters. The number of methoxy groups -OCH3 is 1. The van der Waals surface area contributed by atoms with Crippen molar-refractivity contribution in [2.45, 2.75) is 22.1 Å². The minimum atomic E-state index is 0.146. The molecule has 0 aromatic heterocycles. The molecular weight excluding hydrogens is 352 g/mol. The lowest BCUT2D eigenvalue weighted by molar-refractivity contribution is 0.105. The van der Waals surface area contributed by atoms with Crippen LogP contribution >= 0.6 is 11.8 Å². The maximum absolute atomic E-state index is 13.2. The largest absolute Gasteiger partial charge is 0.496 e. The summed E-state index contributed by atoms with van der Waals surface area (Å²) in [6.07, 6.45) is 3.01. The van der Waals surface area contributed by atoms with Gasteiger partial charge in [0.1, 0.15) is 5.75 Å². The SMILES string of the molecule is COc1cc2c3c4c1Sc1ccccc1C4CC=C3C(=O)c1ccccc1-2. The number of ether oxygens (including phenoxy) is 1. The number of Topliss-reactive ketones (excluding diaryl/α,β-unsaturated/α-hetero) is 1. The van der Waals surface area contributed by atoms with Crippen LogP contribution in [0.25, 0.3) is 16.7 Å². The van der Waals surface area contributed by atoms with Crippen molar-refractivity contribution in [3.05, 3.63) is 82.9 Å². The van der Waals surface area contributed by atoms with Crippen molar-refractivity contribution in [1.29, 1.82) is 0 Å². The van der Waals surface area contributed by atoms with Gasteiger partial charge in [0.25, 0.3) is 0 Å². The Bertz CT molecular complexity index is 1190. The van der Waals surface area contributed by atoms with Gasteiger partial charge in [-0.05, 0) is 46.4 Å². The van der Waals surface area contributed by atoms with E-state index in [0.29, 0.717) is 0 Å². The van der Waals surface area contributed by atoms with Gasteiger partial charge in [0.2, 0.25) is 0 Å². The summed E-state index contributed by atoms with van der Waals surface area (Å²) in [6.45, 7) is 0. The smallest absolute Gasteiger partial charge is 0.193 e. The van der Waals surface area contributed by atoms with Gasteiger partial charge in [0, 0.05) is 21.9 Å². The van der Waals surface area contributed by atoms with Crippen molar-refractivity contribution < 1.29 is 9.53 Å². The first kappa shape index (κ1) is 15.3. The van der Waals surface area contributed by atoms with E-state index in [0.717, 1.165) is 44.9 Å². The Morgan fingerprint density at radius 1 is 1.00 bits per heavy atom. The number of carbonyl (C=O) groups excluding carboxylic acids is 1. The number of hydrogen-bond acceptors (Lipinski definition) is 3. The molecule has 3 heteroatoms. The van der Waals surface area contributed by atoms with Gasteiger partial charge in [-0.2, -0.15) is 0 Å². The number of rotatable bonds is 1. The summed E-state index contributed by atoms with van der Waals surface area (Å²) < 4.78 is 5.82. The fraction of sp³-hybridized carbons (Fsp3) is 0.125. The number of carbonyl (C=O) groups is 1. The molecule has 1 unspecified atom stereocenters. The lowest BCUT2D eigenvalue weighted by atomic mass is 9.71. The Kier molecular flexibility index (Phi) is 3.04. The molecule has 0 amide bonds. The van der Waals surface area contributed by atoms with Gasteiger partial charge in [0.05, 0.1) is 12.0 Å². The summed E-state index contributed by atoms with van der Waals surface area (Å²) in [5.41, 5.74) is 7.53. The standard InChI is InChI=1S/C24H16O2S/c1-26-19-12-18-13-6-2-3-8-16(13)23(25)17-11-10-15-14-7-4-5-9-20(14)27-24(19)22(15)21(17)18/h2-9,11-12,15H,10H2,1H3. The molecule has 1 heterocycles. The summed E-state index contributed by atoms with van der Waals surface area (Å²) in [5.74, 6) is 1.33. The second kappa shape index (κ2) is 5.37. The van der Waals surface area contributed by atoms with Crippen LogP contribution in [0.3, 0.4) is 0 Å². The number of ketones is 1. The Morgan fingerprint density at radius 3 is 2.63 bits per heavy atom. The van der Waals surface area contributed by atoms with E-state index in [1.165, 1.54) is 16.0 Å². The second-order valence-electron chi connectivity index (χ2n) is 7.16. The molecule has 0 fully saturated rings. The lowest BCUT2D eigenvalue weighted by Gasteiger charge is -2.37. The van der Waals surface area contributed by atoms with Crippen LogP contribution < -0.4 is 4.74 Å². The molecule has 130 valence electrons. The van der Waals surface area contributed by atoms with E-state index in [1.54, 1.807) is 18.9 Å². The van der Waals surface area contributed by atoms with Crippen LogP contribution in [-0.4, -0.2) is 12.9 Å². The maximum atomic E-state index is 13.2. The molecule has 0 radical (unpaired) electrons. The van der Waals surface area contributed by atoms with Crippen LogP contribution in [0.1, 0.15) is 39.4 Å². The first-order valence-electron chi connectivity index (χ1n) is 9.14. The van der Waals surface area contributed by atoms with Crippen LogP contribution in [-0.2, 0) is 0 Å². The lowest BCUT2D eigenvalue weighted by Crippen LogP contribution is -2.21.